The molecule has 2 heterocycles. The molecule has 0 aliphatic carbocycles. The van der Waals surface area contributed by atoms with Crippen LogP contribution in [0.5, 0.6) is 5.75 Å². The lowest BCUT2D eigenvalue weighted by Crippen LogP contribution is -2.09. The van der Waals surface area contributed by atoms with Crippen molar-refractivity contribution in [3.05, 3.63) is 66.9 Å². The number of hydrogen-bond donors (Lipinski definition) is 1. The van der Waals surface area contributed by atoms with Gasteiger partial charge in [0.15, 0.2) is 6.61 Å². The number of aromatic nitrogens is 4. The Morgan fingerprint density at radius 1 is 1.04 bits per heavy atom. The second-order valence-corrected chi connectivity index (χ2v) is 5.62. The van der Waals surface area contributed by atoms with Crippen molar-refractivity contribution in [2.45, 2.75) is 0 Å². The Morgan fingerprint density at radius 2 is 1.88 bits per heavy atom. The lowest BCUT2D eigenvalue weighted by molar-refractivity contribution is -0.139. The van der Waals surface area contributed by atoms with Gasteiger partial charge in [-0.15, -0.1) is 5.10 Å². The van der Waals surface area contributed by atoms with Gasteiger partial charge in [-0.1, -0.05) is 29.5 Å². The number of aliphatic carboxylic acids is 1. The molecule has 7 heteroatoms. The number of nitrogens with zero attached hydrogens (tertiary/aromatic N) is 4. The van der Waals surface area contributed by atoms with Crippen LogP contribution >= 0.6 is 0 Å². The highest BCUT2D eigenvalue weighted by Gasteiger charge is 2.08. The fraction of sp³-hybridized carbons (Fsp3) is 0.0526. The van der Waals surface area contributed by atoms with Gasteiger partial charge in [-0.2, -0.15) is 0 Å². The monoisotopic (exact) mass is 346 g/mol. The molecule has 2 aromatic carbocycles. The first-order chi connectivity index (χ1) is 12.7. The smallest absolute Gasteiger partial charge is 0.341 e. The Hall–Kier alpha value is -3.74. The SMILES string of the molecule is O=C(O)COc1ccc2nc(-c3cn(-c4ccccc4)nn3)ccc2c1. The predicted molar refractivity (Wildman–Crippen MR) is 95.2 cm³/mol. The standard InChI is InChI=1S/C19H14N4O3/c24-19(25)12-26-15-7-9-16-13(10-15)6-8-17(20-16)18-11-23(22-21-18)14-4-2-1-3-5-14/h1-11H,12H2,(H,24,25). The van der Waals surface area contributed by atoms with E-state index < -0.39 is 5.97 Å². The molecule has 0 unspecified atom stereocenters. The molecule has 0 aliphatic heterocycles. The number of hydrogen-bond acceptors (Lipinski definition) is 5. The zero-order valence-corrected chi connectivity index (χ0v) is 13.6. The van der Waals surface area contributed by atoms with E-state index in [-0.39, 0.29) is 6.61 Å². The molecule has 0 bridgehead atoms. The van der Waals surface area contributed by atoms with Crippen LogP contribution in [0.3, 0.4) is 0 Å². The number of carboxylic acids is 1. The Morgan fingerprint density at radius 3 is 2.69 bits per heavy atom. The molecule has 0 radical (unpaired) electrons. The van der Waals surface area contributed by atoms with Crippen LogP contribution in [0.25, 0.3) is 28.0 Å². The Balaban J connectivity index is 1.62. The first-order valence-electron chi connectivity index (χ1n) is 7.92. The molecule has 0 fully saturated rings. The van der Waals surface area contributed by atoms with Crippen LogP contribution in [-0.2, 0) is 4.79 Å². The van der Waals surface area contributed by atoms with Crippen LogP contribution in [0.4, 0.5) is 0 Å². The Kier molecular flexibility index (Phi) is 4.03. The molecule has 4 rings (SSSR count). The Labute approximate surface area is 148 Å². The van der Waals surface area contributed by atoms with Gasteiger partial charge >= 0.3 is 5.97 Å². The molecule has 0 aliphatic rings. The summed E-state index contributed by atoms with van der Waals surface area (Å²) in [6.45, 7) is -0.375. The molecular formula is C19H14N4O3. The van der Waals surface area contributed by atoms with Crippen molar-refractivity contribution in [2.24, 2.45) is 0 Å². The maximum absolute atomic E-state index is 10.6. The number of ether oxygens (including phenoxy) is 1. The first-order valence-corrected chi connectivity index (χ1v) is 7.92. The van der Waals surface area contributed by atoms with Crippen molar-refractivity contribution in [2.75, 3.05) is 6.61 Å². The second kappa shape index (κ2) is 6.64. The number of carboxylic acid groups (broad SMARTS) is 1. The van der Waals surface area contributed by atoms with Gasteiger partial charge in [0.2, 0.25) is 0 Å². The van der Waals surface area contributed by atoms with Gasteiger partial charge in [0.1, 0.15) is 11.4 Å². The molecule has 7 nitrogen and oxygen atoms in total. The van der Waals surface area contributed by atoms with E-state index in [0.29, 0.717) is 17.1 Å². The van der Waals surface area contributed by atoms with Crippen molar-refractivity contribution in [1.29, 1.82) is 0 Å². The van der Waals surface area contributed by atoms with Gasteiger partial charge in [0.05, 0.1) is 23.1 Å². The summed E-state index contributed by atoms with van der Waals surface area (Å²) in [5.74, 6) is -0.524. The zero-order valence-electron chi connectivity index (χ0n) is 13.6. The summed E-state index contributed by atoms with van der Waals surface area (Å²) in [6, 6.07) is 18.7. The summed E-state index contributed by atoms with van der Waals surface area (Å²) in [7, 11) is 0. The van der Waals surface area contributed by atoms with Gasteiger partial charge in [0.25, 0.3) is 0 Å². The lowest BCUT2D eigenvalue weighted by Gasteiger charge is -2.05. The van der Waals surface area contributed by atoms with E-state index in [0.717, 1.165) is 16.6 Å². The number of pyridine rings is 1. The van der Waals surface area contributed by atoms with Gasteiger partial charge in [-0.05, 0) is 36.4 Å². The quantitative estimate of drug-likeness (QED) is 0.597. The summed E-state index contributed by atoms with van der Waals surface area (Å²) in [5.41, 5.74) is 3.06. The van der Waals surface area contributed by atoms with E-state index in [2.05, 4.69) is 15.3 Å². The van der Waals surface area contributed by atoms with Crippen LogP contribution in [0.15, 0.2) is 66.9 Å². The van der Waals surface area contributed by atoms with Crippen molar-refractivity contribution in [1.82, 2.24) is 20.0 Å². The van der Waals surface area contributed by atoms with Crippen LogP contribution in [0.1, 0.15) is 0 Å². The molecule has 0 atom stereocenters. The third kappa shape index (κ3) is 3.23. The molecule has 0 spiro atoms. The lowest BCUT2D eigenvalue weighted by atomic mass is 10.2. The van der Waals surface area contributed by atoms with Crippen LogP contribution < -0.4 is 4.74 Å². The summed E-state index contributed by atoms with van der Waals surface area (Å²) in [6.07, 6.45) is 1.83. The minimum Gasteiger partial charge on any atom is -0.482 e. The maximum Gasteiger partial charge on any atom is 0.341 e. The molecular weight excluding hydrogens is 332 g/mol. The fourth-order valence-corrected chi connectivity index (χ4v) is 2.57. The van der Waals surface area contributed by atoms with E-state index in [4.69, 9.17) is 9.84 Å². The number of carbonyl (C=O) groups is 1. The average Bonchev–Trinajstić information content (AvgIpc) is 3.17. The van der Waals surface area contributed by atoms with Crippen LogP contribution in [0.2, 0.25) is 0 Å². The second-order valence-electron chi connectivity index (χ2n) is 5.62. The number of benzene rings is 2. The van der Waals surface area contributed by atoms with Gasteiger partial charge < -0.3 is 9.84 Å². The highest BCUT2D eigenvalue weighted by molar-refractivity contribution is 5.82. The molecule has 0 amide bonds. The summed E-state index contributed by atoms with van der Waals surface area (Å²) >= 11 is 0. The highest BCUT2D eigenvalue weighted by atomic mass is 16.5. The molecule has 4 aromatic rings. The van der Waals surface area contributed by atoms with E-state index >= 15 is 0 Å². The summed E-state index contributed by atoms with van der Waals surface area (Å²) in [5, 5.41) is 17.9. The number of para-hydroxylation sites is 1. The van der Waals surface area contributed by atoms with Crippen molar-refractivity contribution in [3.63, 3.8) is 0 Å². The normalized spacial score (nSPS) is 10.8. The van der Waals surface area contributed by atoms with Crippen molar-refractivity contribution >= 4 is 16.9 Å². The predicted octanol–water partition coefficient (Wildman–Crippen LogP) is 2.95. The average molecular weight is 346 g/mol. The minimum atomic E-state index is -1.01. The van der Waals surface area contributed by atoms with Crippen LogP contribution in [0, 0.1) is 0 Å². The highest BCUT2D eigenvalue weighted by Crippen LogP contribution is 2.23. The topological polar surface area (TPSA) is 90.1 Å². The van der Waals surface area contributed by atoms with Crippen LogP contribution in [-0.4, -0.2) is 37.7 Å². The molecule has 0 saturated carbocycles. The van der Waals surface area contributed by atoms with Gasteiger partial charge in [0, 0.05) is 5.39 Å². The largest absolute Gasteiger partial charge is 0.482 e. The third-order valence-electron chi connectivity index (χ3n) is 3.80. The Bertz CT molecular complexity index is 1080. The van der Waals surface area contributed by atoms with E-state index in [9.17, 15) is 4.79 Å². The van der Waals surface area contributed by atoms with E-state index in [1.807, 2.05) is 48.7 Å². The molecule has 26 heavy (non-hydrogen) atoms. The first kappa shape index (κ1) is 15.8. The molecule has 128 valence electrons. The summed E-state index contributed by atoms with van der Waals surface area (Å²) in [4.78, 5) is 15.2. The van der Waals surface area contributed by atoms with Gasteiger partial charge in [-0.3, -0.25) is 0 Å². The maximum atomic E-state index is 10.6. The van der Waals surface area contributed by atoms with Gasteiger partial charge in [-0.25, -0.2) is 14.5 Å². The molecule has 1 N–H and O–H groups in total. The minimum absolute atomic E-state index is 0.375. The summed E-state index contributed by atoms with van der Waals surface area (Å²) < 4.78 is 6.89. The third-order valence-corrected chi connectivity index (χ3v) is 3.80. The number of rotatable bonds is 5. The molecule has 2 aromatic heterocycles. The van der Waals surface area contributed by atoms with Crippen molar-refractivity contribution in [3.8, 4) is 22.8 Å². The van der Waals surface area contributed by atoms with E-state index in [1.165, 1.54) is 0 Å². The number of fused-ring (bicyclic) bond motifs is 1. The van der Waals surface area contributed by atoms with E-state index in [1.54, 1.807) is 22.9 Å². The fourth-order valence-electron chi connectivity index (χ4n) is 2.57. The zero-order chi connectivity index (χ0) is 17.9. The van der Waals surface area contributed by atoms with Crippen molar-refractivity contribution < 1.29 is 14.6 Å². The molecule has 0 saturated heterocycles.